The Morgan fingerprint density at radius 3 is 2.79 bits per heavy atom. The van der Waals surface area contributed by atoms with Gasteiger partial charge in [-0.25, -0.2) is 8.42 Å². The Balaban J connectivity index is 1.82. The van der Waals surface area contributed by atoms with Gasteiger partial charge in [0.1, 0.15) is 0 Å². The summed E-state index contributed by atoms with van der Waals surface area (Å²) in [5.41, 5.74) is 9.27. The third-order valence-corrected chi connectivity index (χ3v) is 6.24. The van der Waals surface area contributed by atoms with Crippen molar-refractivity contribution in [1.82, 2.24) is 4.90 Å². The van der Waals surface area contributed by atoms with Gasteiger partial charge >= 0.3 is 0 Å². The molecule has 1 aromatic carbocycles. The Morgan fingerprint density at radius 1 is 1.32 bits per heavy atom. The van der Waals surface area contributed by atoms with Gasteiger partial charge in [-0.2, -0.15) is 0 Å². The van der Waals surface area contributed by atoms with Crippen LogP contribution in [0.4, 0.5) is 5.69 Å². The molecular weight excluding hydrogens is 260 g/mol. The maximum atomic E-state index is 11.6. The molecule has 1 saturated heterocycles. The average Bonchev–Trinajstić information content (AvgIpc) is 2.91. The number of anilines is 1. The van der Waals surface area contributed by atoms with E-state index in [-0.39, 0.29) is 6.04 Å². The van der Waals surface area contributed by atoms with Crippen molar-refractivity contribution in [3.05, 3.63) is 29.3 Å². The Bertz CT molecular complexity index is 597. The van der Waals surface area contributed by atoms with Crippen LogP contribution in [0.3, 0.4) is 0 Å². The van der Waals surface area contributed by atoms with E-state index in [2.05, 4.69) is 24.1 Å². The standard InChI is InChI=1S/C14H20N2O2S/c1-16(12-6-7-19(17,18)9-12)14-5-2-10-8-11(15)3-4-13(10)14/h3-4,8,12,14H,2,5-7,9,15H2,1H3. The smallest absolute Gasteiger partial charge is 0.151 e. The van der Waals surface area contributed by atoms with Crippen LogP contribution in [0.25, 0.3) is 0 Å². The van der Waals surface area contributed by atoms with Crippen LogP contribution in [0.2, 0.25) is 0 Å². The first kappa shape index (κ1) is 12.9. The van der Waals surface area contributed by atoms with Gasteiger partial charge in [0.05, 0.1) is 11.5 Å². The van der Waals surface area contributed by atoms with Crippen molar-refractivity contribution in [1.29, 1.82) is 0 Å². The van der Waals surface area contributed by atoms with Crippen LogP contribution in [0, 0.1) is 0 Å². The number of aryl methyl sites for hydroxylation is 1. The number of benzene rings is 1. The number of nitrogen functional groups attached to an aromatic ring is 1. The van der Waals surface area contributed by atoms with E-state index in [1.54, 1.807) is 0 Å². The van der Waals surface area contributed by atoms with Gasteiger partial charge in [-0.3, -0.25) is 4.90 Å². The Labute approximate surface area is 114 Å². The number of rotatable bonds is 2. The van der Waals surface area contributed by atoms with E-state index >= 15 is 0 Å². The van der Waals surface area contributed by atoms with Gasteiger partial charge in [-0.15, -0.1) is 0 Å². The van der Waals surface area contributed by atoms with Gasteiger partial charge in [0.15, 0.2) is 9.84 Å². The van der Waals surface area contributed by atoms with Crippen molar-refractivity contribution in [2.75, 3.05) is 24.3 Å². The van der Waals surface area contributed by atoms with Crippen LogP contribution >= 0.6 is 0 Å². The first-order valence-corrected chi connectivity index (χ1v) is 8.59. The minimum absolute atomic E-state index is 0.165. The maximum absolute atomic E-state index is 11.6. The van der Waals surface area contributed by atoms with Gasteiger partial charge in [-0.1, -0.05) is 6.07 Å². The molecule has 0 aromatic heterocycles. The highest BCUT2D eigenvalue weighted by Gasteiger charge is 2.36. The summed E-state index contributed by atoms with van der Waals surface area (Å²) in [5.74, 6) is 0.646. The van der Waals surface area contributed by atoms with Gasteiger partial charge in [0, 0.05) is 17.8 Å². The Morgan fingerprint density at radius 2 is 2.11 bits per heavy atom. The molecule has 104 valence electrons. The van der Waals surface area contributed by atoms with Crippen molar-refractivity contribution in [2.45, 2.75) is 31.3 Å². The number of nitrogens with zero attached hydrogens (tertiary/aromatic N) is 1. The van der Waals surface area contributed by atoms with Gasteiger partial charge in [0.25, 0.3) is 0 Å². The normalized spacial score (nSPS) is 28.7. The second-order valence-electron chi connectivity index (χ2n) is 5.74. The molecule has 2 N–H and O–H groups in total. The van der Waals surface area contributed by atoms with E-state index in [1.807, 2.05) is 6.07 Å². The molecule has 1 aliphatic carbocycles. The van der Waals surface area contributed by atoms with Crippen molar-refractivity contribution >= 4 is 15.5 Å². The lowest BCUT2D eigenvalue weighted by Crippen LogP contribution is -2.35. The molecule has 19 heavy (non-hydrogen) atoms. The summed E-state index contributed by atoms with van der Waals surface area (Å²) in [7, 11) is -0.759. The lowest BCUT2D eigenvalue weighted by atomic mass is 10.0. The first-order chi connectivity index (χ1) is 8.96. The SMILES string of the molecule is CN(C1CCS(=O)(=O)C1)C1CCc2cc(N)ccc21. The van der Waals surface area contributed by atoms with Crippen LogP contribution in [-0.4, -0.2) is 37.9 Å². The molecule has 1 fully saturated rings. The molecule has 2 aliphatic rings. The molecule has 2 unspecified atom stereocenters. The quantitative estimate of drug-likeness (QED) is 0.831. The number of nitrogens with two attached hydrogens (primary N) is 1. The number of fused-ring (bicyclic) bond motifs is 1. The van der Waals surface area contributed by atoms with E-state index in [0.29, 0.717) is 17.5 Å². The first-order valence-electron chi connectivity index (χ1n) is 6.77. The van der Waals surface area contributed by atoms with Gasteiger partial charge in [0.2, 0.25) is 0 Å². The molecule has 5 heteroatoms. The molecule has 1 aliphatic heterocycles. The Kier molecular flexibility index (Phi) is 3.06. The summed E-state index contributed by atoms with van der Waals surface area (Å²) in [6.45, 7) is 0. The molecule has 1 aromatic rings. The Hall–Kier alpha value is -1.07. The van der Waals surface area contributed by atoms with Crippen LogP contribution in [-0.2, 0) is 16.3 Å². The molecule has 0 saturated carbocycles. The van der Waals surface area contributed by atoms with Gasteiger partial charge in [-0.05, 0) is 49.6 Å². The minimum atomic E-state index is -2.82. The summed E-state index contributed by atoms with van der Waals surface area (Å²) < 4.78 is 23.2. The van der Waals surface area contributed by atoms with E-state index in [4.69, 9.17) is 5.73 Å². The third kappa shape index (κ3) is 2.37. The monoisotopic (exact) mass is 280 g/mol. The molecular formula is C14H20N2O2S. The topological polar surface area (TPSA) is 63.4 Å². The van der Waals surface area contributed by atoms with E-state index in [0.717, 1.165) is 24.9 Å². The third-order valence-electron chi connectivity index (χ3n) is 4.49. The second-order valence-corrected chi connectivity index (χ2v) is 7.96. The zero-order valence-electron chi connectivity index (χ0n) is 11.2. The van der Waals surface area contributed by atoms with Crippen molar-refractivity contribution in [3.8, 4) is 0 Å². The van der Waals surface area contributed by atoms with E-state index in [1.165, 1.54) is 11.1 Å². The maximum Gasteiger partial charge on any atom is 0.151 e. The minimum Gasteiger partial charge on any atom is -0.399 e. The average molecular weight is 280 g/mol. The molecule has 0 bridgehead atoms. The molecule has 0 radical (unpaired) electrons. The van der Waals surface area contributed by atoms with Crippen LogP contribution in [0.5, 0.6) is 0 Å². The fraction of sp³-hybridized carbons (Fsp3) is 0.571. The molecule has 3 rings (SSSR count). The molecule has 2 atom stereocenters. The van der Waals surface area contributed by atoms with E-state index < -0.39 is 9.84 Å². The molecule has 0 spiro atoms. The summed E-state index contributed by atoms with van der Waals surface area (Å²) in [6, 6.07) is 6.60. The van der Waals surface area contributed by atoms with Crippen molar-refractivity contribution < 1.29 is 8.42 Å². The molecule has 1 heterocycles. The molecule has 4 nitrogen and oxygen atoms in total. The fourth-order valence-corrected chi connectivity index (χ4v) is 5.17. The summed E-state index contributed by atoms with van der Waals surface area (Å²) in [5, 5.41) is 0. The summed E-state index contributed by atoms with van der Waals surface area (Å²) in [4.78, 5) is 2.26. The zero-order valence-corrected chi connectivity index (χ0v) is 12.0. The number of sulfone groups is 1. The van der Waals surface area contributed by atoms with Crippen LogP contribution in [0.15, 0.2) is 18.2 Å². The lowest BCUT2D eigenvalue weighted by Gasteiger charge is -2.30. The lowest BCUT2D eigenvalue weighted by molar-refractivity contribution is 0.187. The second kappa shape index (κ2) is 4.49. The van der Waals surface area contributed by atoms with E-state index in [9.17, 15) is 8.42 Å². The molecule has 0 amide bonds. The van der Waals surface area contributed by atoms with Crippen LogP contribution in [0.1, 0.15) is 30.0 Å². The highest BCUT2D eigenvalue weighted by molar-refractivity contribution is 7.91. The zero-order chi connectivity index (χ0) is 13.6. The van der Waals surface area contributed by atoms with Crippen molar-refractivity contribution in [2.24, 2.45) is 0 Å². The van der Waals surface area contributed by atoms with Crippen LogP contribution < -0.4 is 5.73 Å². The fourth-order valence-electron chi connectivity index (χ4n) is 3.39. The van der Waals surface area contributed by atoms with Gasteiger partial charge < -0.3 is 5.73 Å². The summed E-state index contributed by atoms with van der Waals surface area (Å²) in [6.07, 6.45) is 2.86. The number of hydrogen-bond donors (Lipinski definition) is 1. The largest absolute Gasteiger partial charge is 0.399 e. The highest BCUT2D eigenvalue weighted by atomic mass is 32.2. The summed E-state index contributed by atoms with van der Waals surface area (Å²) >= 11 is 0. The highest BCUT2D eigenvalue weighted by Crippen LogP contribution is 2.38. The predicted octanol–water partition coefficient (Wildman–Crippen LogP) is 1.37. The number of hydrogen-bond acceptors (Lipinski definition) is 4. The predicted molar refractivity (Wildman–Crippen MR) is 76.7 cm³/mol. The van der Waals surface area contributed by atoms with Crippen molar-refractivity contribution in [3.63, 3.8) is 0 Å².